The Balaban J connectivity index is 2.04. The van der Waals surface area contributed by atoms with Crippen LogP contribution in [0.1, 0.15) is 49.9 Å². The lowest BCUT2D eigenvalue weighted by molar-refractivity contribution is 0.205. The van der Waals surface area contributed by atoms with Gasteiger partial charge in [-0.25, -0.2) is 0 Å². The minimum absolute atomic E-state index is 0.618. The van der Waals surface area contributed by atoms with E-state index in [9.17, 15) is 0 Å². The molecule has 3 atom stereocenters. The Morgan fingerprint density at radius 1 is 1.30 bits per heavy atom. The quantitative estimate of drug-likeness (QED) is 0.912. The molecule has 2 rings (SSSR count). The second-order valence-corrected chi connectivity index (χ2v) is 6.30. The summed E-state index contributed by atoms with van der Waals surface area (Å²) in [5, 5.41) is 3.71. The lowest BCUT2D eigenvalue weighted by atomic mass is 9.78. The molecule has 0 saturated heterocycles. The summed E-state index contributed by atoms with van der Waals surface area (Å²) in [5.74, 6) is 2.54. The molecular formula is C17H28N2O. The number of methoxy groups -OCH3 is 1. The second kappa shape index (κ2) is 6.57. The Bertz CT molecular complexity index is 459. The maximum atomic E-state index is 5.48. The maximum Gasteiger partial charge on any atom is 0.128 e. The van der Waals surface area contributed by atoms with Gasteiger partial charge in [0.15, 0.2) is 0 Å². The van der Waals surface area contributed by atoms with Gasteiger partial charge in [-0.15, -0.1) is 0 Å². The predicted molar refractivity (Wildman–Crippen MR) is 83.1 cm³/mol. The molecule has 0 radical (unpaired) electrons. The molecule has 1 aliphatic carbocycles. The van der Waals surface area contributed by atoms with Crippen LogP contribution in [0.2, 0.25) is 0 Å². The maximum absolute atomic E-state index is 5.48. The van der Waals surface area contributed by atoms with Crippen LogP contribution >= 0.6 is 0 Å². The van der Waals surface area contributed by atoms with Crippen molar-refractivity contribution in [3.05, 3.63) is 23.0 Å². The van der Waals surface area contributed by atoms with Crippen molar-refractivity contribution < 1.29 is 4.74 Å². The molecule has 112 valence electrons. The topological polar surface area (TPSA) is 34.1 Å². The van der Waals surface area contributed by atoms with Gasteiger partial charge in [0, 0.05) is 29.9 Å². The van der Waals surface area contributed by atoms with E-state index >= 15 is 0 Å². The fourth-order valence-electron chi connectivity index (χ4n) is 3.35. The van der Waals surface area contributed by atoms with Crippen molar-refractivity contribution in [3.8, 4) is 5.75 Å². The second-order valence-electron chi connectivity index (χ2n) is 6.30. The molecule has 0 spiro atoms. The summed E-state index contributed by atoms with van der Waals surface area (Å²) in [5.41, 5.74) is 3.38. The van der Waals surface area contributed by atoms with Gasteiger partial charge < -0.3 is 10.1 Å². The number of aryl methyl sites for hydroxylation is 1. The molecular weight excluding hydrogens is 248 g/mol. The van der Waals surface area contributed by atoms with E-state index in [1.807, 2.05) is 13.1 Å². The number of hydrogen-bond donors (Lipinski definition) is 1. The van der Waals surface area contributed by atoms with Gasteiger partial charge in [-0.05, 0) is 32.1 Å². The summed E-state index contributed by atoms with van der Waals surface area (Å²) in [7, 11) is 1.73. The van der Waals surface area contributed by atoms with Crippen molar-refractivity contribution in [2.75, 3.05) is 7.11 Å². The van der Waals surface area contributed by atoms with Crippen LogP contribution in [0.5, 0.6) is 5.75 Å². The fraction of sp³-hybridized carbons (Fsp3) is 0.706. The molecule has 0 aromatic carbocycles. The Labute approximate surface area is 123 Å². The van der Waals surface area contributed by atoms with Crippen LogP contribution in [-0.4, -0.2) is 18.1 Å². The van der Waals surface area contributed by atoms with Crippen LogP contribution < -0.4 is 10.1 Å². The van der Waals surface area contributed by atoms with Crippen LogP contribution in [0.4, 0.5) is 0 Å². The van der Waals surface area contributed by atoms with E-state index in [0.29, 0.717) is 6.04 Å². The van der Waals surface area contributed by atoms with Crippen LogP contribution in [-0.2, 0) is 6.54 Å². The van der Waals surface area contributed by atoms with E-state index in [1.54, 1.807) is 7.11 Å². The highest BCUT2D eigenvalue weighted by Gasteiger charge is 2.26. The van der Waals surface area contributed by atoms with E-state index in [4.69, 9.17) is 4.74 Å². The number of nitrogens with one attached hydrogen (secondary N) is 1. The third-order valence-corrected chi connectivity index (χ3v) is 4.99. The van der Waals surface area contributed by atoms with E-state index < -0.39 is 0 Å². The molecule has 3 unspecified atom stereocenters. The van der Waals surface area contributed by atoms with Gasteiger partial charge in [0.2, 0.25) is 0 Å². The normalized spacial score (nSPS) is 26.6. The van der Waals surface area contributed by atoms with Gasteiger partial charge in [-0.2, -0.15) is 0 Å². The monoisotopic (exact) mass is 276 g/mol. The molecule has 0 amide bonds. The van der Waals surface area contributed by atoms with Crippen molar-refractivity contribution in [2.45, 2.75) is 59.5 Å². The summed E-state index contributed by atoms with van der Waals surface area (Å²) >= 11 is 0. The Hall–Kier alpha value is -1.09. The number of rotatable bonds is 4. The molecule has 20 heavy (non-hydrogen) atoms. The highest BCUT2D eigenvalue weighted by molar-refractivity contribution is 5.41. The smallest absolute Gasteiger partial charge is 0.128 e. The zero-order chi connectivity index (χ0) is 14.7. The van der Waals surface area contributed by atoms with E-state index in [0.717, 1.165) is 41.0 Å². The van der Waals surface area contributed by atoms with Crippen molar-refractivity contribution in [3.63, 3.8) is 0 Å². The number of pyridine rings is 1. The number of hydrogen-bond acceptors (Lipinski definition) is 3. The molecule has 1 aliphatic rings. The Morgan fingerprint density at radius 2 is 2.05 bits per heavy atom. The number of nitrogens with zero attached hydrogens (tertiary/aromatic N) is 1. The van der Waals surface area contributed by atoms with Gasteiger partial charge in [0.05, 0.1) is 12.8 Å². The first kappa shape index (κ1) is 15.3. The van der Waals surface area contributed by atoms with Crippen molar-refractivity contribution in [2.24, 2.45) is 11.8 Å². The van der Waals surface area contributed by atoms with Crippen LogP contribution in [0, 0.1) is 25.7 Å². The minimum atomic E-state index is 0.618. The largest absolute Gasteiger partial charge is 0.496 e. The SMILES string of the molecule is COc1c(C)cnc(CNC2CCCC(C)C2C)c1C. The molecule has 3 heteroatoms. The van der Waals surface area contributed by atoms with Crippen LogP contribution in [0.3, 0.4) is 0 Å². The van der Waals surface area contributed by atoms with Crippen molar-refractivity contribution in [1.29, 1.82) is 0 Å². The van der Waals surface area contributed by atoms with E-state index in [2.05, 4.69) is 31.1 Å². The summed E-state index contributed by atoms with van der Waals surface area (Å²) < 4.78 is 5.48. The van der Waals surface area contributed by atoms with Gasteiger partial charge >= 0.3 is 0 Å². The molecule has 1 saturated carbocycles. The van der Waals surface area contributed by atoms with E-state index in [-0.39, 0.29) is 0 Å². The van der Waals surface area contributed by atoms with Gasteiger partial charge in [0.1, 0.15) is 5.75 Å². The molecule has 0 aliphatic heterocycles. The first-order valence-corrected chi connectivity index (χ1v) is 7.77. The minimum Gasteiger partial charge on any atom is -0.496 e. The lowest BCUT2D eigenvalue weighted by Gasteiger charge is -2.34. The molecule has 1 heterocycles. The van der Waals surface area contributed by atoms with Crippen LogP contribution in [0.25, 0.3) is 0 Å². The summed E-state index contributed by atoms with van der Waals surface area (Å²) in [4.78, 5) is 4.57. The van der Waals surface area contributed by atoms with Crippen LogP contribution in [0.15, 0.2) is 6.20 Å². The third-order valence-electron chi connectivity index (χ3n) is 4.99. The number of ether oxygens (including phenoxy) is 1. The molecule has 1 fully saturated rings. The first-order chi connectivity index (χ1) is 9.54. The predicted octanol–water partition coefficient (Wildman–Crippen LogP) is 3.62. The van der Waals surface area contributed by atoms with Crippen molar-refractivity contribution in [1.82, 2.24) is 10.3 Å². The molecule has 1 N–H and O–H groups in total. The third kappa shape index (κ3) is 3.14. The molecule has 1 aromatic heterocycles. The summed E-state index contributed by atoms with van der Waals surface area (Å²) in [6.07, 6.45) is 5.91. The number of aromatic nitrogens is 1. The van der Waals surface area contributed by atoms with Crippen molar-refractivity contribution >= 4 is 0 Å². The fourth-order valence-corrected chi connectivity index (χ4v) is 3.35. The van der Waals surface area contributed by atoms with Gasteiger partial charge in [-0.3, -0.25) is 4.98 Å². The average Bonchev–Trinajstić information content (AvgIpc) is 2.43. The molecule has 0 bridgehead atoms. The molecule has 3 nitrogen and oxygen atoms in total. The Morgan fingerprint density at radius 3 is 2.75 bits per heavy atom. The Kier molecular flexibility index (Phi) is 5.03. The summed E-state index contributed by atoms with van der Waals surface area (Å²) in [6, 6.07) is 0.618. The highest BCUT2D eigenvalue weighted by atomic mass is 16.5. The summed E-state index contributed by atoms with van der Waals surface area (Å²) in [6.45, 7) is 9.72. The molecule has 1 aromatic rings. The standard InChI is InChI=1S/C17H28N2O/c1-11-7-6-8-15(13(11)3)19-10-16-14(4)17(20-5)12(2)9-18-16/h9,11,13,15,19H,6-8,10H2,1-5H3. The average molecular weight is 276 g/mol. The van der Waals surface area contributed by atoms with E-state index in [1.165, 1.54) is 19.3 Å². The lowest BCUT2D eigenvalue weighted by Crippen LogP contribution is -2.40. The van der Waals surface area contributed by atoms with Gasteiger partial charge in [-0.1, -0.05) is 26.7 Å². The zero-order valence-corrected chi connectivity index (χ0v) is 13.5. The first-order valence-electron chi connectivity index (χ1n) is 7.77. The van der Waals surface area contributed by atoms with Gasteiger partial charge in [0.25, 0.3) is 0 Å². The zero-order valence-electron chi connectivity index (χ0n) is 13.5. The highest BCUT2D eigenvalue weighted by Crippen LogP contribution is 2.30.